The van der Waals surface area contributed by atoms with Crippen LogP contribution in [-0.4, -0.2) is 14.7 Å². The predicted octanol–water partition coefficient (Wildman–Crippen LogP) is 2.30. The number of aromatic nitrogens is 2. The minimum atomic E-state index is -0.784. The van der Waals surface area contributed by atoms with E-state index in [2.05, 4.69) is 18.8 Å². The van der Waals surface area contributed by atoms with Crippen LogP contribution in [-0.2, 0) is 12.1 Å². The molecule has 0 aromatic carbocycles. The lowest BCUT2D eigenvalue weighted by Gasteiger charge is -2.23. The zero-order chi connectivity index (χ0) is 10.6. The molecule has 0 saturated carbocycles. The molecule has 0 bridgehead atoms. The molecule has 1 atom stereocenters. The summed E-state index contributed by atoms with van der Waals surface area (Å²) in [6.07, 6.45) is 6.48. The molecule has 0 aliphatic heterocycles. The molecule has 1 rings (SSSR count). The first kappa shape index (κ1) is 11.2. The highest BCUT2D eigenvalue weighted by atomic mass is 16.3. The van der Waals surface area contributed by atoms with Crippen molar-refractivity contribution < 1.29 is 5.11 Å². The molecule has 0 aliphatic carbocycles. The molecule has 1 N–H and O–H groups in total. The molecule has 3 heteroatoms. The van der Waals surface area contributed by atoms with E-state index in [1.165, 1.54) is 0 Å². The standard InChI is InChI=1S/C11H20N2O/c1-4-6-11(3,14)10-12-7-9-13(10)8-5-2/h7,9,14H,4-6,8H2,1-3H3. The van der Waals surface area contributed by atoms with Gasteiger partial charge in [0.25, 0.3) is 0 Å². The molecule has 0 spiro atoms. The quantitative estimate of drug-likeness (QED) is 0.784. The first-order valence-electron chi connectivity index (χ1n) is 5.35. The molecule has 0 fully saturated rings. The maximum atomic E-state index is 10.2. The van der Waals surface area contributed by atoms with Crippen molar-refractivity contribution >= 4 is 0 Å². The van der Waals surface area contributed by atoms with Gasteiger partial charge in [-0.3, -0.25) is 0 Å². The molecule has 1 aromatic rings. The first-order chi connectivity index (χ1) is 6.61. The van der Waals surface area contributed by atoms with E-state index >= 15 is 0 Å². The maximum absolute atomic E-state index is 10.2. The Balaban J connectivity index is 2.87. The Bertz CT molecular complexity index is 279. The summed E-state index contributed by atoms with van der Waals surface area (Å²) in [6.45, 7) is 6.96. The van der Waals surface area contributed by atoms with E-state index in [9.17, 15) is 5.11 Å². The fourth-order valence-electron chi connectivity index (χ4n) is 1.80. The molecule has 0 saturated heterocycles. The third-order valence-corrected chi connectivity index (χ3v) is 2.40. The van der Waals surface area contributed by atoms with Gasteiger partial charge in [-0.2, -0.15) is 0 Å². The Hall–Kier alpha value is -0.830. The molecule has 1 aromatic heterocycles. The molecule has 0 amide bonds. The highest BCUT2D eigenvalue weighted by Crippen LogP contribution is 2.24. The summed E-state index contributed by atoms with van der Waals surface area (Å²) in [6, 6.07) is 0. The fraction of sp³-hybridized carbons (Fsp3) is 0.727. The topological polar surface area (TPSA) is 38.0 Å². The van der Waals surface area contributed by atoms with Crippen LogP contribution in [0, 0.1) is 0 Å². The molecule has 0 aliphatic rings. The highest BCUT2D eigenvalue weighted by Gasteiger charge is 2.26. The van der Waals surface area contributed by atoms with Crippen molar-refractivity contribution in [2.45, 2.75) is 52.2 Å². The number of hydrogen-bond donors (Lipinski definition) is 1. The first-order valence-corrected chi connectivity index (χ1v) is 5.35. The van der Waals surface area contributed by atoms with E-state index < -0.39 is 5.60 Å². The van der Waals surface area contributed by atoms with Gasteiger partial charge in [-0.25, -0.2) is 4.98 Å². The average Bonchev–Trinajstić information content (AvgIpc) is 2.53. The van der Waals surface area contributed by atoms with Crippen molar-refractivity contribution in [1.29, 1.82) is 0 Å². The Kier molecular flexibility index (Phi) is 3.69. The lowest BCUT2D eigenvalue weighted by molar-refractivity contribution is 0.0340. The SMILES string of the molecule is CCCn1ccnc1C(C)(O)CCC. The van der Waals surface area contributed by atoms with Crippen molar-refractivity contribution in [3.8, 4) is 0 Å². The van der Waals surface area contributed by atoms with Crippen LogP contribution in [0.4, 0.5) is 0 Å². The molecule has 80 valence electrons. The molecule has 1 unspecified atom stereocenters. The summed E-state index contributed by atoms with van der Waals surface area (Å²) >= 11 is 0. The van der Waals surface area contributed by atoms with Gasteiger partial charge in [-0.1, -0.05) is 20.3 Å². The average molecular weight is 196 g/mol. The van der Waals surface area contributed by atoms with Crippen molar-refractivity contribution in [2.24, 2.45) is 0 Å². The van der Waals surface area contributed by atoms with Crippen LogP contribution in [0.15, 0.2) is 12.4 Å². The van der Waals surface area contributed by atoms with E-state index in [-0.39, 0.29) is 0 Å². The summed E-state index contributed by atoms with van der Waals surface area (Å²) in [5.74, 6) is 0.793. The molecular weight excluding hydrogens is 176 g/mol. The van der Waals surface area contributed by atoms with E-state index in [4.69, 9.17) is 0 Å². The third-order valence-electron chi connectivity index (χ3n) is 2.40. The lowest BCUT2D eigenvalue weighted by atomic mass is 10.00. The van der Waals surface area contributed by atoms with Gasteiger partial charge in [0.15, 0.2) is 0 Å². The smallest absolute Gasteiger partial charge is 0.140 e. The summed E-state index contributed by atoms with van der Waals surface area (Å²) in [5, 5.41) is 10.2. The number of rotatable bonds is 5. The monoisotopic (exact) mass is 196 g/mol. The number of nitrogens with zero attached hydrogens (tertiary/aromatic N) is 2. The van der Waals surface area contributed by atoms with Gasteiger partial charge in [0.05, 0.1) is 0 Å². The zero-order valence-corrected chi connectivity index (χ0v) is 9.32. The zero-order valence-electron chi connectivity index (χ0n) is 9.32. The van der Waals surface area contributed by atoms with Crippen molar-refractivity contribution in [3.05, 3.63) is 18.2 Å². The minimum absolute atomic E-state index is 0.758. The van der Waals surface area contributed by atoms with E-state index in [0.29, 0.717) is 0 Å². The van der Waals surface area contributed by atoms with Gasteiger partial charge in [-0.15, -0.1) is 0 Å². The summed E-state index contributed by atoms with van der Waals surface area (Å²) < 4.78 is 2.04. The minimum Gasteiger partial charge on any atom is -0.382 e. The Morgan fingerprint density at radius 1 is 1.43 bits per heavy atom. The van der Waals surface area contributed by atoms with Crippen molar-refractivity contribution in [3.63, 3.8) is 0 Å². The van der Waals surface area contributed by atoms with Gasteiger partial charge in [0, 0.05) is 18.9 Å². The Labute approximate surface area is 85.8 Å². The molecule has 1 heterocycles. The summed E-state index contributed by atoms with van der Waals surface area (Å²) in [5.41, 5.74) is -0.784. The number of hydrogen-bond acceptors (Lipinski definition) is 2. The second-order valence-electron chi connectivity index (χ2n) is 3.97. The van der Waals surface area contributed by atoms with Gasteiger partial charge >= 0.3 is 0 Å². The summed E-state index contributed by atoms with van der Waals surface area (Å²) in [7, 11) is 0. The van der Waals surface area contributed by atoms with E-state index in [1.807, 2.05) is 17.7 Å². The normalized spacial score (nSPS) is 15.4. The van der Waals surface area contributed by atoms with Crippen LogP contribution < -0.4 is 0 Å². The lowest BCUT2D eigenvalue weighted by Crippen LogP contribution is -2.26. The molecule has 14 heavy (non-hydrogen) atoms. The number of imidazole rings is 1. The van der Waals surface area contributed by atoms with Crippen LogP contribution >= 0.6 is 0 Å². The van der Waals surface area contributed by atoms with Crippen molar-refractivity contribution in [2.75, 3.05) is 0 Å². The summed E-state index contributed by atoms with van der Waals surface area (Å²) in [4.78, 5) is 4.24. The van der Waals surface area contributed by atoms with Crippen LogP contribution in [0.25, 0.3) is 0 Å². The molecule has 0 radical (unpaired) electrons. The van der Waals surface area contributed by atoms with Gasteiger partial charge < -0.3 is 9.67 Å². The largest absolute Gasteiger partial charge is 0.382 e. The maximum Gasteiger partial charge on any atom is 0.140 e. The Morgan fingerprint density at radius 2 is 2.14 bits per heavy atom. The second-order valence-corrected chi connectivity index (χ2v) is 3.97. The van der Waals surface area contributed by atoms with E-state index in [0.717, 1.165) is 31.6 Å². The molecule has 3 nitrogen and oxygen atoms in total. The third kappa shape index (κ3) is 2.35. The van der Waals surface area contributed by atoms with E-state index in [1.54, 1.807) is 6.20 Å². The fourth-order valence-corrected chi connectivity index (χ4v) is 1.80. The predicted molar refractivity (Wildman–Crippen MR) is 57.0 cm³/mol. The van der Waals surface area contributed by atoms with Crippen molar-refractivity contribution in [1.82, 2.24) is 9.55 Å². The van der Waals surface area contributed by atoms with Gasteiger partial charge in [-0.05, 0) is 19.8 Å². The van der Waals surface area contributed by atoms with Crippen LogP contribution in [0.1, 0.15) is 45.9 Å². The highest BCUT2D eigenvalue weighted by molar-refractivity contribution is 5.03. The number of aliphatic hydroxyl groups is 1. The Morgan fingerprint density at radius 3 is 2.71 bits per heavy atom. The molecular formula is C11H20N2O. The van der Waals surface area contributed by atoms with Crippen LogP contribution in [0.2, 0.25) is 0 Å². The van der Waals surface area contributed by atoms with Crippen LogP contribution in [0.5, 0.6) is 0 Å². The van der Waals surface area contributed by atoms with Gasteiger partial charge in [0.1, 0.15) is 11.4 Å². The van der Waals surface area contributed by atoms with Gasteiger partial charge in [0.2, 0.25) is 0 Å². The second kappa shape index (κ2) is 4.60. The number of aryl methyl sites for hydroxylation is 1. The van der Waals surface area contributed by atoms with Crippen LogP contribution in [0.3, 0.4) is 0 Å².